The van der Waals surface area contributed by atoms with Gasteiger partial charge in [0, 0.05) is 17.2 Å². The molecule has 2 aliphatic rings. The van der Waals surface area contributed by atoms with Crippen LogP contribution < -0.4 is 0 Å². The van der Waals surface area contributed by atoms with Crippen LogP contribution in [0, 0.1) is 5.92 Å². The maximum atomic E-state index is 12.4. The van der Waals surface area contributed by atoms with Crippen molar-refractivity contribution in [1.29, 1.82) is 0 Å². The zero-order valence-electron chi connectivity index (χ0n) is 13.1. The van der Waals surface area contributed by atoms with Crippen molar-refractivity contribution in [3.8, 4) is 0 Å². The Morgan fingerprint density at radius 1 is 1.36 bits per heavy atom. The minimum atomic E-state index is -3.41. The monoisotopic (exact) mass is 341 g/mol. The van der Waals surface area contributed by atoms with E-state index in [0.717, 1.165) is 19.3 Å². The summed E-state index contributed by atoms with van der Waals surface area (Å²) in [5.41, 5.74) is 0. The van der Waals surface area contributed by atoms with Gasteiger partial charge in [0.2, 0.25) is 5.90 Å². The van der Waals surface area contributed by atoms with Gasteiger partial charge in [-0.05, 0) is 36.6 Å². The van der Waals surface area contributed by atoms with Gasteiger partial charge in [-0.2, -0.15) is 0 Å². The molecule has 4 nitrogen and oxygen atoms in total. The molecule has 0 saturated heterocycles. The van der Waals surface area contributed by atoms with E-state index in [0.29, 0.717) is 24.7 Å². The molecule has 3 rings (SSSR count). The molecule has 1 fully saturated rings. The van der Waals surface area contributed by atoms with Crippen LogP contribution in [-0.2, 0) is 14.8 Å². The summed E-state index contributed by atoms with van der Waals surface area (Å²) in [4.78, 5) is 1.27. The minimum absolute atomic E-state index is 0.192. The molecule has 0 N–H and O–H groups in total. The van der Waals surface area contributed by atoms with Crippen LogP contribution in [0.5, 0.6) is 0 Å². The molecule has 1 aliphatic heterocycles. The molecule has 0 bridgehead atoms. The van der Waals surface area contributed by atoms with Gasteiger partial charge in [-0.1, -0.05) is 26.3 Å². The molecule has 3 atom stereocenters. The van der Waals surface area contributed by atoms with Crippen molar-refractivity contribution < 1.29 is 13.2 Å². The van der Waals surface area contributed by atoms with E-state index >= 15 is 0 Å². The molecule has 1 saturated carbocycles. The van der Waals surface area contributed by atoms with E-state index in [1.54, 1.807) is 11.3 Å². The number of nitrogens with zero attached hydrogens (tertiary/aromatic N) is 1. The Balaban J connectivity index is 1.83. The highest BCUT2D eigenvalue weighted by atomic mass is 32.2. The third kappa shape index (κ3) is 3.23. The van der Waals surface area contributed by atoms with Crippen LogP contribution in [0.15, 0.2) is 21.9 Å². The van der Waals surface area contributed by atoms with Gasteiger partial charge in [0.1, 0.15) is 11.4 Å². The first-order chi connectivity index (χ1) is 10.5. The highest BCUT2D eigenvalue weighted by molar-refractivity contribution is 7.91. The largest absolute Gasteiger partial charge is 0.475 e. The van der Waals surface area contributed by atoms with Crippen molar-refractivity contribution in [3.63, 3.8) is 0 Å². The Labute approximate surface area is 136 Å². The highest BCUT2D eigenvalue weighted by Crippen LogP contribution is 2.36. The molecule has 1 aromatic rings. The van der Waals surface area contributed by atoms with Gasteiger partial charge < -0.3 is 4.74 Å². The van der Waals surface area contributed by atoms with Gasteiger partial charge in [0.15, 0.2) is 0 Å². The summed E-state index contributed by atoms with van der Waals surface area (Å²) in [7, 11) is -3.41. The van der Waals surface area contributed by atoms with Gasteiger partial charge in [-0.25, -0.2) is 8.42 Å². The fraction of sp³-hybridized carbons (Fsp3) is 0.688. The fourth-order valence-corrected chi connectivity index (χ4v) is 5.96. The lowest BCUT2D eigenvalue weighted by Gasteiger charge is -2.34. The van der Waals surface area contributed by atoms with Gasteiger partial charge in [0.05, 0.1) is 0 Å². The van der Waals surface area contributed by atoms with E-state index in [4.69, 9.17) is 4.74 Å². The van der Waals surface area contributed by atoms with Crippen LogP contribution in [0.2, 0.25) is 0 Å². The van der Waals surface area contributed by atoms with Crippen LogP contribution in [0.4, 0.5) is 0 Å². The lowest BCUT2D eigenvalue weighted by molar-refractivity contribution is 0.134. The normalized spacial score (nSPS) is 28.6. The predicted octanol–water partition coefficient (Wildman–Crippen LogP) is 3.95. The zero-order chi connectivity index (χ0) is 15.7. The molecule has 122 valence electrons. The molecule has 1 aliphatic carbocycles. The molecular formula is C16H23NO3S2. The number of hydrogen-bond donors (Lipinski definition) is 0. The standard InChI is InChI=1S/C16H23NO3S2/c1-11(2)12(14-7-5-9-21-14)10-16-17-22(18,19)15-8-4-3-6-13(15)20-16/h5,7,9,11-13,15H,3-4,6,8,10H2,1-2H3. The summed E-state index contributed by atoms with van der Waals surface area (Å²) in [6, 6.07) is 4.14. The SMILES string of the molecule is CC(C)C(CC1=NS(=O)(=O)C2CCCCC2O1)c1cccs1. The maximum Gasteiger partial charge on any atom is 0.262 e. The van der Waals surface area contributed by atoms with Crippen molar-refractivity contribution in [2.45, 2.75) is 63.2 Å². The van der Waals surface area contributed by atoms with Crippen LogP contribution in [0.3, 0.4) is 0 Å². The van der Waals surface area contributed by atoms with E-state index in [-0.39, 0.29) is 12.0 Å². The average molecular weight is 341 g/mol. The highest BCUT2D eigenvalue weighted by Gasteiger charge is 2.41. The van der Waals surface area contributed by atoms with Crippen molar-refractivity contribution >= 4 is 27.3 Å². The van der Waals surface area contributed by atoms with Gasteiger partial charge in [0.25, 0.3) is 10.0 Å². The average Bonchev–Trinajstić information content (AvgIpc) is 2.97. The summed E-state index contributed by atoms with van der Waals surface area (Å²) in [5.74, 6) is 1.08. The number of ether oxygens (including phenoxy) is 1. The second kappa shape index (κ2) is 6.32. The Morgan fingerprint density at radius 2 is 2.14 bits per heavy atom. The van der Waals surface area contributed by atoms with Crippen molar-refractivity contribution in [1.82, 2.24) is 0 Å². The summed E-state index contributed by atoms with van der Waals surface area (Å²) in [5, 5.41) is 1.63. The molecular weight excluding hydrogens is 318 g/mol. The predicted molar refractivity (Wildman–Crippen MR) is 90.0 cm³/mol. The zero-order valence-corrected chi connectivity index (χ0v) is 14.7. The van der Waals surface area contributed by atoms with Gasteiger partial charge in [-0.15, -0.1) is 15.7 Å². The molecule has 1 aromatic heterocycles. The van der Waals surface area contributed by atoms with Crippen LogP contribution in [0.25, 0.3) is 0 Å². The van der Waals surface area contributed by atoms with E-state index in [1.165, 1.54) is 4.88 Å². The molecule has 0 amide bonds. The lowest BCUT2D eigenvalue weighted by Crippen LogP contribution is -2.43. The van der Waals surface area contributed by atoms with E-state index in [2.05, 4.69) is 29.7 Å². The third-order valence-corrected chi connectivity index (χ3v) is 7.42. The van der Waals surface area contributed by atoms with Gasteiger partial charge >= 0.3 is 0 Å². The minimum Gasteiger partial charge on any atom is -0.475 e. The third-order valence-electron chi connectivity index (χ3n) is 4.65. The molecule has 3 unspecified atom stereocenters. The Hall–Kier alpha value is -0.880. The maximum absolute atomic E-state index is 12.4. The second-order valence-electron chi connectivity index (χ2n) is 6.55. The Kier molecular flexibility index (Phi) is 4.59. The van der Waals surface area contributed by atoms with E-state index < -0.39 is 15.3 Å². The molecule has 0 aromatic carbocycles. The van der Waals surface area contributed by atoms with Crippen LogP contribution >= 0.6 is 11.3 Å². The van der Waals surface area contributed by atoms with Crippen LogP contribution in [0.1, 0.15) is 56.7 Å². The van der Waals surface area contributed by atoms with Crippen molar-refractivity contribution in [2.24, 2.45) is 10.3 Å². The number of rotatable bonds is 4. The molecule has 2 heterocycles. The summed E-state index contributed by atoms with van der Waals surface area (Å²) < 4.78 is 34.8. The first kappa shape index (κ1) is 16.0. The summed E-state index contributed by atoms with van der Waals surface area (Å²) >= 11 is 1.71. The number of fused-ring (bicyclic) bond motifs is 1. The first-order valence-corrected chi connectivity index (χ1v) is 10.4. The van der Waals surface area contributed by atoms with Crippen LogP contribution in [-0.4, -0.2) is 25.7 Å². The van der Waals surface area contributed by atoms with E-state index in [9.17, 15) is 8.42 Å². The molecule has 22 heavy (non-hydrogen) atoms. The second-order valence-corrected chi connectivity index (χ2v) is 9.35. The smallest absolute Gasteiger partial charge is 0.262 e. The number of hydrogen-bond acceptors (Lipinski definition) is 4. The molecule has 0 spiro atoms. The van der Waals surface area contributed by atoms with Crippen molar-refractivity contribution in [3.05, 3.63) is 22.4 Å². The topological polar surface area (TPSA) is 55.7 Å². The Bertz CT molecular complexity index is 634. The van der Waals surface area contributed by atoms with Crippen molar-refractivity contribution in [2.75, 3.05) is 0 Å². The first-order valence-electron chi connectivity index (χ1n) is 8.00. The van der Waals surface area contributed by atoms with E-state index in [1.807, 2.05) is 6.07 Å². The number of sulfonamides is 1. The summed E-state index contributed by atoms with van der Waals surface area (Å²) in [6.45, 7) is 4.32. The lowest BCUT2D eigenvalue weighted by atomic mass is 9.90. The quantitative estimate of drug-likeness (QED) is 0.833. The molecule has 0 radical (unpaired) electrons. The molecule has 6 heteroatoms. The van der Waals surface area contributed by atoms with Gasteiger partial charge in [-0.3, -0.25) is 0 Å². The number of thiophene rings is 1. The fourth-order valence-electron chi connectivity index (χ4n) is 3.38. The Morgan fingerprint density at radius 3 is 2.82 bits per heavy atom. The summed E-state index contributed by atoms with van der Waals surface area (Å²) in [6.07, 6.45) is 3.89.